The quantitative estimate of drug-likeness (QED) is 0.768. The normalized spacial score (nSPS) is 14.3. The Hall–Kier alpha value is -1.55. The maximum atomic E-state index is 11.0. The van der Waals surface area contributed by atoms with Crippen molar-refractivity contribution in [1.29, 1.82) is 0 Å². The monoisotopic (exact) mass is 208 g/mol. The molecule has 4 N–H and O–H groups in total. The molecular weight excluding hydrogens is 192 g/mol. The summed E-state index contributed by atoms with van der Waals surface area (Å²) in [6.45, 7) is 1.72. The van der Waals surface area contributed by atoms with Crippen molar-refractivity contribution in [3.05, 3.63) is 29.8 Å². The van der Waals surface area contributed by atoms with Gasteiger partial charge in [0, 0.05) is 6.04 Å². The molecule has 1 aromatic rings. The number of benzene rings is 1. The molecule has 0 spiro atoms. The summed E-state index contributed by atoms with van der Waals surface area (Å²) in [5.41, 5.74) is 12.0. The zero-order chi connectivity index (χ0) is 11.4. The van der Waals surface area contributed by atoms with E-state index in [9.17, 15) is 4.79 Å². The Bertz CT molecular complexity index is 335. The van der Waals surface area contributed by atoms with E-state index in [0.717, 1.165) is 11.3 Å². The molecule has 2 atom stereocenters. The van der Waals surface area contributed by atoms with Crippen LogP contribution in [0.25, 0.3) is 0 Å². The number of hydrogen-bond donors (Lipinski definition) is 2. The third-order valence-corrected chi connectivity index (χ3v) is 2.49. The summed E-state index contributed by atoms with van der Waals surface area (Å²) in [4.78, 5) is 11.0. The highest BCUT2D eigenvalue weighted by Crippen LogP contribution is 2.21. The van der Waals surface area contributed by atoms with E-state index in [1.54, 1.807) is 14.0 Å². The minimum Gasteiger partial charge on any atom is -0.497 e. The second-order valence-corrected chi connectivity index (χ2v) is 3.49. The van der Waals surface area contributed by atoms with Crippen LogP contribution in [0.3, 0.4) is 0 Å². The molecule has 0 aliphatic heterocycles. The molecule has 4 nitrogen and oxygen atoms in total. The summed E-state index contributed by atoms with van der Waals surface area (Å²) in [5, 5.41) is 0. The Morgan fingerprint density at radius 2 is 1.87 bits per heavy atom. The van der Waals surface area contributed by atoms with E-state index in [1.807, 2.05) is 24.3 Å². The maximum absolute atomic E-state index is 11.0. The third-order valence-electron chi connectivity index (χ3n) is 2.49. The van der Waals surface area contributed by atoms with Crippen LogP contribution < -0.4 is 16.2 Å². The van der Waals surface area contributed by atoms with Gasteiger partial charge < -0.3 is 16.2 Å². The molecule has 82 valence electrons. The molecule has 2 unspecified atom stereocenters. The first-order valence-electron chi connectivity index (χ1n) is 4.75. The number of nitrogens with two attached hydrogens (primary N) is 2. The van der Waals surface area contributed by atoms with Gasteiger partial charge in [-0.25, -0.2) is 0 Å². The van der Waals surface area contributed by atoms with E-state index >= 15 is 0 Å². The molecule has 0 aromatic heterocycles. The summed E-state index contributed by atoms with van der Waals surface area (Å²) >= 11 is 0. The molecule has 0 fully saturated rings. The van der Waals surface area contributed by atoms with E-state index in [-0.39, 0.29) is 12.0 Å². The van der Waals surface area contributed by atoms with Gasteiger partial charge in [-0.15, -0.1) is 0 Å². The smallest absolute Gasteiger partial charge is 0.222 e. The second kappa shape index (κ2) is 4.79. The lowest BCUT2D eigenvalue weighted by atomic mass is 9.95. The Morgan fingerprint density at radius 1 is 1.33 bits per heavy atom. The molecule has 1 amide bonds. The van der Waals surface area contributed by atoms with Gasteiger partial charge in [-0.3, -0.25) is 4.79 Å². The molecule has 0 bridgehead atoms. The van der Waals surface area contributed by atoms with Crippen molar-refractivity contribution < 1.29 is 9.53 Å². The maximum Gasteiger partial charge on any atom is 0.222 e. The zero-order valence-corrected chi connectivity index (χ0v) is 8.94. The Morgan fingerprint density at radius 3 is 2.27 bits per heavy atom. The largest absolute Gasteiger partial charge is 0.497 e. The van der Waals surface area contributed by atoms with Crippen molar-refractivity contribution in [2.75, 3.05) is 7.11 Å². The minimum atomic E-state index is -0.390. The van der Waals surface area contributed by atoms with Crippen molar-refractivity contribution in [3.63, 3.8) is 0 Å². The first kappa shape index (κ1) is 11.5. The lowest BCUT2D eigenvalue weighted by molar-refractivity contribution is -0.121. The molecule has 1 aromatic carbocycles. The number of primary amides is 1. The molecule has 0 heterocycles. The first-order chi connectivity index (χ1) is 7.06. The van der Waals surface area contributed by atoms with Crippen LogP contribution in [0.5, 0.6) is 5.75 Å². The molecular formula is C11H16N2O2. The molecule has 4 heteroatoms. The second-order valence-electron chi connectivity index (χ2n) is 3.49. The van der Waals surface area contributed by atoms with Crippen LogP contribution >= 0.6 is 0 Å². The molecule has 0 aliphatic carbocycles. The van der Waals surface area contributed by atoms with Crippen molar-refractivity contribution >= 4 is 5.91 Å². The van der Waals surface area contributed by atoms with Crippen molar-refractivity contribution in [2.45, 2.75) is 13.0 Å². The highest BCUT2D eigenvalue weighted by molar-refractivity contribution is 5.77. The summed E-state index contributed by atoms with van der Waals surface area (Å²) in [6, 6.07) is 6.92. The zero-order valence-electron chi connectivity index (χ0n) is 8.94. The third kappa shape index (κ3) is 2.70. The molecule has 0 saturated carbocycles. The fourth-order valence-corrected chi connectivity index (χ4v) is 1.29. The molecule has 0 saturated heterocycles. The highest BCUT2D eigenvalue weighted by Gasteiger charge is 2.19. The van der Waals surface area contributed by atoms with Gasteiger partial charge in [0.15, 0.2) is 0 Å². The number of carbonyl (C=O) groups is 1. The van der Waals surface area contributed by atoms with Crippen LogP contribution in [0.15, 0.2) is 24.3 Å². The van der Waals surface area contributed by atoms with E-state index in [1.165, 1.54) is 0 Å². The Kier molecular flexibility index (Phi) is 3.68. The van der Waals surface area contributed by atoms with Crippen LogP contribution in [-0.4, -0.2) is 13.0 Å². The van der Waals surface area contributed by atoms with Crippen LogP contribution in [0.2, 0.25) is 0 Å². The van der Waals surface area contributed by atoms with Gasteiger partial charge in [-0.2, -0.15) is 0 Å². The summed E-state index contributed by atoms with van der Waals surface area (Å²) in [6.07, 6.45) is 0. The van der Waals surface area contributed by atoms with Crippen LogP contribution in [-0.2, 0) is 4.79 Å². The van der Waals surface area contributed by atoms with E-state index in [0.29, 0.717) is 0 Å². The molecule has 1 rings (SSSR count). The van der Waals surface area contributed by atoms with Gasteiger partial charge in [0.1, 0.15) is 5.75 Å². The van der Waals surface area contributed by atoms with E-state index < -0.39 is 5.91 Å². The number of methoxy groups -OCH3 is 1. The summed E-state index contributed by atoms with van der Waals surface area (Å²) in [5.74, 6) is -0.00519. The minimum absolute atomic E-state index is 0.367. The van der Waals surface area contributed by atoms with Crippen molar-refractivity contribution in [2.24, 2.45) is 17.4 Å². The van der Waals surface area contributed by atoms with Crippen LogP contribution in [0.4, 0.5) is 0 Å². The standard InChI is InChI=1S/C11H16N2O2/c1-7(11(13)14)10(12)8-3-5-9(15-2)6-4-8/h3-7,10H,12H2,1-2H3,(H2,13,14). The first-order valence-corrected chi connectivity index (χ1v) is 4.75. The number of ether oxygens (including phenoxy) is 1. The number of hydrogen-bond acceptors (Lipinski definition) is 3. The molecule has 0 aliphatic rings. The predicted molar refractivity (Wildman–Crippen MR) is 58.3 cm³/mol. The van der Waals surface area contributed by atoms with Crippen molar-refractivity contribution in [3.8, 4) is 5.75 Å². The Balaban J connectivity index is 2.82. The topological polar surface area (TPSA) is 78.3 Å². The van der Waals surface area contributed by atoms with E-state index in [2.05, 4.69) is 0 Å². The van der Waals surface area contributed by atoms with Gasteiger partial charge in [-0.05, 0) is 17.7 Å². The van der Waals surface area contributed by atoms with Crippen LogP contribution in [0, 0.1) is 5.92 Å². The fourth-order valence-electron chi connectivity index (χ4n) is 1.29. The SMILES string of the molecule is COc1ccc(C(N)C(C)C(N)=O)cc1. The molecule has 0 radical (unpaired) electrons. The molecule has 15 heavy (non-hydrogen) atoms. The number of amides is 1. The lowest BCUT2D eigenvalue weighted by Crippen LogP contribution is -2.30. The number of carbonyl (C=O) groups excluding carboxylic acids is 1. The summed E-state index contributed by atoms with van der Waals surface area (Å²) in [7, 11) is 1.60. The van der Waals surface area contributed by atoms with Gasteiger partial charge in [-0.1, -0.05) is 19.1 Å². The Labute approximate surface area is 89.2 Å². The van der Waals surface area contributed by atoms with E-state index in [4.69, 9.17) is 16.2 Å². The van der Waals surface area contributed by atoms with Gasteiger partial charge >= 0.3 is 0 Å². The van der Waals surface area contributed by atoms with Crippen molar-refractivity contribution in [1.82, 2.24) is 0 Å². The number of rotatable bonds is 4. The van der Waals surface area contributed by atoms with Crippen LogP contribution in [0.1, 0.15) is 18.5 Å². The fraction of sp³-hybridized carbons (Fsp3) is 0.364. The predicted octanol–water partition coefficient (Wildman–Crippen LogP) is 0.816. The van der Waals surface area contributed by atoms with Gasteiger partial charge in [0.25, 0.3) is 0 Å². The van der Waals surface area contributed by atoms with Gasteiger partial charge in [0.05, 0.1) is 13.0 Å². The average molecular weight is 208 g/mol. The van der Waals surface area contributed by atoms with Gasteiger partial charge in [0.2, 0.25) is 5.91 Å². The summed E-state index contributed by atoms with van der Waals surface area (Å²) < 4.78 is 5.02. The highest BCUT2D eigenvalue weighted by atomic mass is 16.5. The average Bonchev–Trinajstić information content (AvgIpc) is 2.27. The lowest BCUT2D eigenvalue weighted by Gasteiger charge is -2.17.